The van der Waals surface area contributed by atoms with E-state index in [-0.39, 0.29) is 12.5 Å². The molecule has 33 heavy (non-hydrogen) atoms. The van der Waals surface area contributed by atoms with Gasteiger partial charge in [0.25, 0.3) is 0 Å². The van der Waals surface area contributed by atoms with E-state index in [4.69, 9.17) is 0 Å². The molecule has 0 spiro atoms. The lowest BCUT2D eigenvalue weighted by molar-refractivity contribution is -0.116. The van der Waals surface area contributed by atoms with Crippen LogP contribution in [0.4, 0.5) is 11.4 Å². The van der Waals surface area contributed by atoms with Gasteiger partial charge >= 0.3 is 0 Å². The van der Waals surface area contributed by atoms with Gasteiger partial charge in [0, 0.05) is 57.0 Å². The maximum atomic E-state index is 12.2. The summed E-state index contributed by atoms with van der Waals surface area (Å²) in [5.41, 5.74) is 4.29. The molecule has 2 aromatic carbocycles. The van der Waals surface area contributed by atoms with Crippen molar-refractivity contribution in [3.8, 4) is 0 Å². The number of likely N-dealkylation sites (N-methyl/N-ethyl adjacent to an activating group) is 1. The van der Waals surface area contributed by atoms with Crippen LogP contribution in [0.1, 0.15) is 18.1 Å². The number of hydrogen-bond acceptors (Lipinski definition) is 4. The average Bonchev–Trinajstić information content (AvgIpc) is 3.32. The van der Waals surface area contributed by atoms with Crippen LogP contribution >= 0.6 is 0 Å². The van der Waals surface area contributed by atoms with Gasteiger partial charge < -0.3 is 20.9 Å². The molecular weight excluding hydrogens is 414 g/mol. The third-order valence-corrected chi connectivity index (χ3v) is 5.18. The molecule has 0 radical (unpaired) electrons. The molecule has 0 bridgehead atoms. The van der Waals surface area contributed by atoms with Crippen LogP contribution < -0.4 is 20.9 Å². The Labute approximate surface area is 195 Å². The number of benzene rings is 2. The van der Waals surface area contributed by atoms with Gasteiger partial charge in [0.05, 0.1) is 0 Å². The molecule has 0 fully saturated rings. The van der Waals surface area contributed by atoms with Gasteiger partial charge in [-0.05, 0) is 55.3 Å². The summed E-state index contributed by atoms with van der Waals surface area (Å²) in [5.74, 6) is 0.624. The van der Waals surface area contributed by atoms with Crippen molar-refractivity contribution < 1.29 is 4.79 Å². The van der Waals surface area contributed by atoms with Crippen LogP contribution in [0.15, 0.2) is 72.0 Å². The molecule has 1 aromatic heterocycles. The topological polar surface area (TPSA) is 86.6 Å². The van der Waals surface area contributed by atoms with E-state index < -0.39 is 0 Å². The number of aromatic nitrogens is 2. The molecule has 1 heterocycles. The Kier molecular flexibility index (Phi) is 8.88. The monoisotopic (exact) mass is 447 g/mol. The Morgan fingerprint density at radius 1 is 1.12 bits per heavy atom. The van der Waals surface area contributed by atoms with Gasteiger partial charge in [-0.1, -0.05) is 24.3 Å². The largest absolute Gasteiger partial charge is 0.370 e. The first-order chi connectivity index (χ1) is 16.1. The number of carbonyl (C=O) groups excluding carboxylic acids is 1. The Morgan fingerprint density at radius 2 is 1.97 bits per heavy atom. The number of amides is 1. The van der Waals surface area contributed by atoms with E-state index in [0.717, 1.165) is 36.8 Å². The highest BCUT2D eigenvalue weighted by Gasteiger charge is 2.07. The molecule has 0 unspecified atom stereocenters. The molecule has 0 aliphatic rings. The molecule has 8 heteroatoms. The number of nitrogens with zero attached hydrogens (tertiary/aromatic N) is 4. The minimum absolute atomic E-state index is 0.115. The number of nitrogens with one attached hydrogen (secondary N) is 3. The highest BCUT2D eigenvalue weighted by Crippen LogP contribution is 2.15. The molecule has 0 atom stereocenters. The second kappa shape index (κ2) is 12.3. The number of aliphatic imine (C=N–C) groups is 1. The molecule has 0 saturated heterocycles. The number of aryl methyl sites for hydroxylation is 1. The van der Waals surface area contributed by atoms with E-state index in [9.17, 15) is 4.79 Å². The summed E-state index contributed by atoms with van der Waals surface area (Å²) in [4.78, 5) is 18.9. The van der Waals surface area contributed by atoms with E-state index in [0.29, 0.717) is 6.54 Å². The number of anilines is 2. The van der Waals surface area contributed by atoms with Gasteiger partial charge in [-0.2, -0.15) is 5.10 Å². The van der Waals surface area contributed by atoms with Crippen molar-refractivity contribution in [3.63, 3.8) is 0 Å². The van der Waals surface area contributed by atoms with Crippen molar-refractivity contribution in [2.75, 3.05) is 36.9 Å². The smallest absolute Gasteiger partial charge is 0.246 e. The number of carbonyl (C=O) groups is 1. The fourth-order valence-corrected chi connectivity index (χ4v) is 3.51. The molecule has 3 N–H and O–H groups in total. The Hall–Kier alpha value is -3.81. The normalized spacial score (nSPS) is 11.2. The lowest BCUT2D eigenvalue weighted by Gasteiger charge is -2.24. The van der Waals surface area contributed by atoms with Crippen molar-refractivity contribution in [1.82, 2.24) is 20.4 Å². The van der Waals surface area contributed by atoms with Crippen LogP contribution in [0.3, 0.4) is 0 Å². The molecule has 3 aromatic rings. The first-order valence-corrected chi connectivity index (χ1v) is 11.2. The average molecular weight is 448 g/mol. The predicted molar refractivity (Wildman–Crippen MR) is 135 cm³/mol. The van der Waals surface area contributed by atoms with Crippen LogP contribution in [0, 0.1) is 6.92 Å². The van der Waals surface area contributed by atoms with Gasteiger partial charge in [0.1, 0.15) is 6.54 Å². The molecule has 0 aliphatic carbocycles. The van der Waals surface area contributed by atoms with E-state index in [1.54, 1.807) is 30.2 Å². The van der Waals surface area contributed by atoms with Crippen LogP contribution in [0.5, 0.6) is 0 Å². The van der Waals surface area contributed by atoms with E-state index in [2.05, 4.69) is 69.1 Å². The van der Waals surface area contributed by atoms with E-state index >= 15 is 0 Å². The maximum Gasteiger partial charge on any atom is 0.246 e. The van der Waals surface area contributed by atoms with E-state index in [1.807, 2.05) is 24.3 Å². The summed E-state index contributed by atoms with van der Waals surface area (Å²) in [6.45, 7) is 7.64. The number of guanidine groups is 1. The van der Waals surface area contributed by atoms with E-state index in [1.165, 1.54) is 11.3 Å². The summed E-state index contributed by atoms with van der Waals surface area (Å²) in [6.07, 6.45) is 3.42. The van der Waals surface area contributed by atoms with Gasteiger partial charge in [-0.25, -0.2) is 0 Å². The highest BCUT2D eigenvalue weighted by atomic mass is 16.2. The fourth-order valence-electron chi connectivity index (χ4n) is 3.51. The molecule has 174 valence electrons. The maximum absolute atomic E-state index is 12.2. The van der Waals surface area contributed by atoms with Gasteiger partial charge in [0.2, 0.25) is 5.91 Å². The first kappa shape index (κ1) is 23.8. The predicted octanol–water partition coefficient (Wildman–Crippen LogP) is 3.02. The Balaban J connectivity index is 1.46. The third kappa shape index (κ3) is 7.68. The zero-order chi connectivity index (χ0) is 23.5. The second-order valence-electron chi connectivity index (χ2n) is 7.72. The van der Waals surface area contributed by atoms with Crippen molar-refractivity contribution in [3.05, 3.63) is 78.1 Å². The summed E-state index contributed by atoms with van der Waals surface area (Å²) in [6, 6.07) is 18.1. The third-order valence-electron chi connectivity index (χ3n) is 5.18. The Bertz CT molecular complexity index is 1050. The lowest BCUT2D eigenvalue weighted by atomic mass is 10.2. The zero-order valence-corrected chi connectivity index (χ0v) is 19.6. The first-order valence-electron chi connectivity index (χ1n) is 11.2. The zero-order valence-electron chi connectivity index (χ0n) is 19.6. The standard InChI is InChI=1S/C25H33N7O/c1-4-31(23-11-5-8-20(2)16-23)15-13-27-25(26-3)28-18-21-9-6-10-22(17-21)30-24(33)19-32-14-7-12-29-32/h5-12,14,16-17H,4,13,15,18-19H2,1-3H3,(H,30,33)(H2,26,27,28). The summed E-state index contributed by atoms with van der Waals surface area (Å²) in [5, 5.41) is 13.7. The molecule has 1 amide bonds. The minimum Gasteiger partial charge on any atom is -0.370 e. The minimum atomic E-state index is -0.115. The quantitative estimate of drug-likeness (QED) is 0.329. The van der Waals surface area contributed by atoms with Crippen molar-refractivity contribution in [2.45, 2.75) is 26.9 Å². The van der Waals surface area contributed by atoms with Crippen molar-refractivity contribution in [1.29, 1.82) is 0 Å². The van der Waals surface area contributed by atoms with Crippen molar-refractivity contribution >= 4 is 23.2 Å². The van der Waals surface area contributed by atoms with Crippen LogP contribution in [-0.2, 0) is 17.9 Å². The molecular formula is C25H33N7O. The molecule has 8 nitrogen and oxygen atoms in total. The van der Waals surface area contributed by atoms with Crippen LogP contribution in [0.25, 0.3) is 0 Å². The highest BCUT2D eigenvalue weighted by molar-refractivity contribution is 5.90. The number of rotatable bonds is 10. The second-order valence-corrected chi connectivity index (χ2v) is 7.72. The Morgan fingerprint density at radius 3 is 2.70 bits per heavy atom. The van der Waals surface area contributed by atoms with Gasteiger partial charge in [-0.3, -0.25) is 14.5 Å². The van der Waals surface area contributed by atoms with Gasteiger partial charge in [0.15, 0.2) is 5.96 Å². The SMILES string of the molecule is CCN(CCNC(=NC)NCc1cccc(NC(=O)Cn2cccn2)c1)c1cccc(C)c1. The van der Waals surface area contributed by atoms with Crippen molar-refractivity contribution in [2.24, 2.45) is 4.99 Å². The molecule has 0 saturated carbocycles. The lowest BCUT2D eigenvalue weighted by Crippen LogP contribution is -2.41. The summed E-state index contributed by atoms with van der Waals surface area (Å²) >= 11 is 0. The summed E-state index contributed by atoms with van der Waals surface area (Å²) in [7, 11) is 1.76. The fraction of sp³-hybridized carbons (Fsp3) is 0.320. The summed E-state index contributed by atoms with van der Waals surface area (Å²) < 4.78 is 1.59. The van der Waals surface area contributed by atoms with Gasteiger partial charge in [-0.15, -0.1) is 0 Å². The van der Waals surface area contributed by atoms with Crippen LogP contribution in [-0.4, -0.2) is 48.3 Å². The molecule has 0 aliphatic heterocycles. The molecule has 3 rings (SSSR count). The van der Waals surface area contributed by atoms with Crippen LogP contribution in [0.2, 0.25) is 0 Å². The number of hydrogen-bond donors (Lipinski definition) is 3.